The first-order valence-electron chi connectivity index (χ1n) is 7.58. The minimum absolute atomic E-state index is 0.137. The van der Waals surface area contributed by atoms with Crippen LogP contribution in [0.15, 0.2) is 52.8 Å². The zero-order valence-electron chi connectivity index (χ0n) is 14.2. The third-order valence-corrected chi connectivity index (χ3v) is 3.91. The fourth-order valence-electron chi connectivity index (χ4n) is 2.11. The van der Waals surface area contributed by atoms with Crippen LogP contribution >= 0.6 is 23.2 Å². The maximum Gasteiger partial charge on any atom is 0.273 e. The predicted molar refractivity (Wildman–Crippen MR) is 103 cm³/mol. The summed E-state index contributed by atoms with van der Waals surface area (Å²) < 4.78 is 0. The Morgan fingerprint density at radius 3 is 2.69 bits per heavy atom. The molecule has 0 saturated carbocycles. The van der Waals surface area contributed by atoms with Gasteiger partial charge in [-0.05, 0) is 12.1 Å². The molecule has 136 valence electrons. The molecule has 0 aromatic heterocycles. The van der Waals surface area contributed by atoms with E-state index in [1.807, 2.05) is 12.1 Å². The molecule has 0 atom stereocenters. The number of carbonyl (C=O) groups is 1. The fourth-order valence-corrected chi connectivity index (χ4v) is 2.56. The highest BCUT2D eigenvalue weighted by Gasteiger charge is 2.17. The lowest BCUT2D eigenvalue weighted by atomic mass is 10.0. The monoisotopic (exact) mass is 393 g/mol. The van der Waals surface area contributed by atoms with Crippen molar-refractivity contribution in [3.63, 3.8) is 0 Å². The number of benzene rings is 2. The number of hydrogen-bond donors (Lipinski definition) is 1. The Kier molecular flexibility index (Phi) is 7.44. The highest BCUT2D eigenvalue weighted by atomic mass is 35.5. The molecular formula is C18H17Cl2N3O3. The lowest BCUT2D eigenvalue weighted by molar-refractivity contribution is -0.114. The van der Waals surface area contributed by atoms with E-state index >= 15 is 0 Å². The van der Waals surface area contributed by atoms with Crippen molar-refractivity contribution < 1.29 is 14.5 Å². The summed E-state index contributed by atoms with van der Waals surface area (Å²) in [5.74, 6) is -0.365. The average molecular weight is 394 g/mol. The summed E-state index contributed by atoms with van der Waals surface area (Å²) in [5.41, 5.74) is 2.15. The Balaban J connectivity index is 2.14. The summed E-state index contributed by atoms with van der Waals surface area (Å²) in [5, 5.41) is 11.3. The number of carbonyl (C=O) groups excluding carboxylic acids is 1. The van der Waals surface area contributed by atoms with Gasteiger partial charge in [-0.3, -0.25) is 4.79 Å². The molecule has 0 fully saturated rings. The Morgan fingerprint density at radius 2 is 2.00 bits per heavy atom. The van der Waals surface area contributed by atoms with Gasteiger partial charge in [0.25, 0.3) is 5.91 Å². The van der Waals surface area contributed by atoms with Gasteiger partial charge in [0, 0.05) is 28.8 Å². The van der Waals surface area contributed by atoms with Crippen LogP contribution in [0.4, 0.5) is 0 Å². The molecule has 2 aromatic carbocycles. The van der Waals surface area contributed by atoms with E-state index in [0.717, 1.165) is 5.56 Å². The molecule has 1 N–H and O–H groups in total. The van der Waals surface area contributed by atoms with Crippen LogP contribution in [0.2, 0.25) is 10.0 Å². The van der Waals surface area contributed by atoms with Crippen molar-refractivity contribution >= 4 is 41.0 Å². The average Bonchev–Trinajstić information content (AvgIpc) is 2.64. The van der Waals surface area contributed by atoms with Crippen LogP contribution in [-0.2, 0) is 21.1 Å². The molecule has 0 saturated heterocycles. The number of likely N-dealkylation sites (N-methyl/N-ethyl adjacent to an activating group) is 1. The summed E-state index contributed by atoms with van der Waals surface area (Å²) in [7, 11) is 2.90. The SMILES string of the molecule is CNC(=O)/C(=N/OC)c1ccccc1CO/N=C\c1ccc(Cl)cc1Cl. The molecule has 0 radical (unpaired) electrons. The van der Waals surface area contributed by atoms with Crippen molar-refractivity contribution in [3.05, 3.63) is 69.2 Å². The molecule has 8 heteroatoms. The van der Waals surface area contributed by atoms with Gasteiger partial charge < -0.3 is 15.0 Å². The first-order chi connectivity index (χ1) is 12.6. The Morgan fingerprint density at radius 1 is 1.23 bits per heavy atom. The maximum absolute atomic E-state index is 12.0. The van der Waals surface area contributed by atoms with E-state index in [1.54, 1.807) is 30.3 Å². The van der Waals surface area contributed by atoms with Gasteiger partial charge in [0.1, 0.15) is 13.7 Å². The van der Waals surface area contributed by atoms with Crippen molar-refractivity contribution in [1.29, 1.82) is 0 Å². The molecular weight excluding hydrogens is 377 g/mol. The van der Waals surface area contributed by atoms with Gasteiger partial charge in [0.05, 0.1) is 11.2 Å². The normalized spacial score (nSPS) is 11.5. The van der Waals surface area contributed by atoms with Crippen molar-refractivity contribution in [1.82, 2.24) is 5.32 Å². The number of nitrogens with zero attached hydrogens (tertiary/aromatic N) is 2. The van der Waals surface area contributed by atoms with Gasteiger partial charge in [-0.1, -0.05) is 63.8 Å². The highest BCUT2D eigenvalue weighted by Crippen LogP contribution is 2.19. The number of halogens is 2. The number of oxime groups is 2. The van der Waals surface area contributed by atoms with Crippen LogP contribution in [0.25, 0.3) is 0 Å². The largest absolute Gasteiger partial charge is 0.398 e. The third kappa shape index (κ3) is 5.21. The molecule has 0 spiro atoms. The van der Waals surface area contributed by atoms with E-state index in [-0.39, 0.29) is 18.2 Å². The van der Waals surface area contributed by atoms with E-state index in [1.165, 1.54) is 20.4 Å². The summed E-state index contributed by atoms with van der Waals surface area (Å²) in [6.07, 6.45) is 1.49. The van der Waals surface area contributed by atoms with E-state index in [9.17, 15) is 4.79 Å². The molecule has 0 aliphatic rings. The number of nitrogens with one attached hydrogen (secondary N) is 1. The molecule has 0 aliphatic heterocycles. The van der Waals surface area contributed by atoms with Gasteiger partial charge in [-0.25, -0.2) is 0 Å². The quantitative estimate of drug-likeness (QED) is 0.576. The van der Waals surface area contributed by atoms with E-state index in [2.05, 4.69) is 15.6 Å². The second kappa shape index (κ2) is 9.79. The second-order valence-electron chi connectivity index (χ2n) is 5.03. The topological polar surface area (TPSA) is 72.3 Å². The zero-order valence-corrected chi connectivity index (χ0v) is 15.7. The molecule has 0 bridgehead atoms. The van der Waals surface area contributed by atoms with Crippen LogP contribution in [0, 0.1) is 0 Å². The Labute approximate surface area is 161 Å². The van der Waals surface area contributed by atoms with Crippen LogP contribution in [0.3, 0.4) is 0 Å². The van der Waals surface area contributed by atoms with Gasteiger partial charge in [0.15, 0.2) is 5.71 Å². The van der Waals surface area contributed by atoms with Crippen LogP contribution < -0.4 is 5.32 Å². The molecule has 1 amide bonds. The van der Waals surface area contributed by atoms with E-state index in [4.69, 9.17) is 32.9 Å². The molecule has 26 heavy (non-hydrogen) atoms. The van der Waals surface area contributed by atoms with Crippen molar-refractivity contribution in [3.8, 4) is 0 Å². The van der Waals surface area contributed by atoms with Crippen molar-refractivity contribution in [2.24, 2.45) is 10.3 Å². The highest BCUT2D eigenvalue weighted by molar-refractivity contribution is 6.45. The maximum atomic E-state index is 12.0. The number of rotatable bonds is 7. The van der Waals surface area contributed by atoms with Gasteiger partial charge >= 0.3 is 0 Å². The summed E-state index contributed by atoms with van der Waals surface area (Å²) in [4.78, 5) is 22.1. The van der Waals surface area contributed by atoms with Gasteiger partial charge in [0.2, 0.25) is 0 Å². The first kappa shape index (κ1) is 19.8. The molecule has 0 aliphatic carbocycles. The summed E-state index contributed by atoms with van der Waals surface area (Å²) in [6.45, 7) is 0.137. The standard InChI is InChI=1S/C18H17Cl2N3O3/c1-21-18(24)17(23-25-2)15-6-4-3-5-13(15)11-26-22-10-12-7-8-14(19)9-16(12)20/h3-10H,11H2,1-2H3,(H,21,24)/b22-10-,23-17+. The minimum atomic E-state index is -0.365. The van der Waals surface area contributed by atoms with Gasteiger partial charge in [-0.15, -0.1) is 0 Å². The van der Waals surface area contributed by atoms with Crippen LogP contribution in [-0.4, -0.2) is 32.0 Å². The van der Waals surface area contributed by atoms with Crippen LogP contribution in [0.1, 0.15) is 16.7 Å². The third-order valence-electron chi connectivity index (χ3n) is 3.35. The number of amides is 1. The number of hydrogen-bond acceptors (Lipinski definition) is 5. The van der Waals surface area contributed by atoms with Gasteiger partial charge in [-0.2, -0.15) is 0 Å². The fraction of sp³-hybridized carbons (Fsp3) is 0.167. The second-order valence-corrected chi connectivity index (χ2v) is 5.88. The van der Waals surface area contributed by atoms with Crippen molar-refractivity contribution in [2.75, 3.05) is 14.2 Å². The molecule has 2 rings (SSSR count). The van der Waals surface area contributed by atoms with E-state index in [0.29, 0.717) is 21.2 Å². The first-order valence-corrected chi connectivity index (χ1v) is 8.34. The Bertz CT molecular complexity index is 838. The lowest BCUT2D eigenvalue weighted by Crippen LogP contribution is -2.29. The van der Waals surface area contributed by atoms with Crippen LogP contribution in [0.5, 0.6) is 0 Å². The Hall–Kier alpha value is -2.57. The zero-order chi connectivity index (χ0) is 18.9. The molecule has 0 heterocycles. The summed E-state index contributed by atoms with van der Waals surface area (Å²) >= 11 is 11.9. The minimum Gasteiger partial charge on any atom is -0.398 e. The predicted octanol–water partition coefficient (Wildman–Crippen LogP) is 3.64. The summed E-state index contributed by atoms with van der Waals surface area (Å²) in [6, 6.07) is 12.3. The lowest BCUT2D eigenvalue weighted by Gasteiger charge is -2.09. The molecule has 0 unspecified atom stereocenters. The smallest absolute Gasteiger partial charge is 0.273 e. The van der Waals surface area contributed by atoms with E-state index < -0.39 is 0 Å². The van der Waals surface area contributed by atoms with Crippen molar-refractivity contribution in [2.45, 2.75) is 6.61 Å². The molecule has 6 nitrogen and oxygen atoms in total. The molecule has 2 aromatic rings.